The lowest BCUT2D eigenvalue weighted by molar-refractivity contribution is -0.135. The van der Waals surface area contributed by atoms with Gasteiger partial charge < -0.3 is 5.32 Å². The summed E-state index contributed by atoms with van der Waals surface area (Å²) >= 11 is 6.08. The molecule has 1 aromatic carbocycles. The molecule has 2 atom stereocenters. The predicted molar refractivity (Wildman–Crippen MR) is 72.4 cm³/mol. The van der Waals surface area contributed by atoms with Crippen LogP contribution in [0.25, 0.3) is 0 Å². The van der Waals surface area contributed by atoms with Crippen LogP contribution in [0.3, 0.4) is 0 Å². The standard InChI is InChI=1S/C14H19ClF3N/c1-10(6-5-9-14(16,17)18)19-11(2)12-7-3-4-8-13(12)15/h3-4,7-8,10-11,19H,5-6,9H2,1-2H3. The second-order valence-electron chi connectivity index (χ2n) is 4.82. The molecule has 0 heterocycles. The molecule has 1 N–H and O–H groups in total. The van der Waals surface area contributed by atoms with E-state index in [1.807, 2.05) is 38.1 Å². The van der Waals surface area contributed by atoms with Gasteiger partial charge in [0, 0.05) is 23.5 Å². The molecule has 5 heteroatoms. The molecule has 1 aromatic rings. The van der Waals surface area contributed by atoms with Gasteiger partial charge in [-0.1, -0.05) is 29.8 Å². The minimum Gasteiger partial charge on any atom is -0.308 e. The quantitative estimate of drug-likeness (QED) is 0.768. The third-order valence-electron chi connectivity index (χ3n) is 3.00. The molecule has 1 nitrogen and oxygen atoms in total. The summed E-state index contributed by atoms with van der Waals surface area (Å²) < 4.78 is 36.1. The van der Waals surface area contributed by atoms with Crippen molar-refractivity contribution in [1.29, 1.82) is 0 Å². The van der Waals surface area contributed by atoms with E-state index in [2.05, 4.69) is 5.32 Å². The highest BCUT2D eigenvalue weighted by molar-refractivity contribution is 6.31. The number of hydrogen-bond donors (Lipinski definition) is 1. The van der Waals surface area contributed by atoms with E-state index >= 15 is 0 Å². The summed E-state index contributed by atoms with van der Waals surface area (Å²) in [5.74, 6) is 0. The van der Waals surface area contributed by atoms with E-state index in [-0.39, 0.29) is 18.5 Å². The molecule has 0 saturated heterocycles. The minimum absolute atomic E-state index is 0.0219. The van der Waals surface area contributed by atoms with Crippen LogP contribution in [0.5, 0.6) is 0 Å². The van der Waals surface area contributed by atoms with Crippen LogP contribution < -0.4 is 5.32 Å². The van der Waals surface area contributed by atoms with Crippen molar-refractivity contribution in [3.05, 3.63) is 34.9 Å². The smallest absolute Gasteiger partial charge is 0.308 e. The van der Waals surface area contributed by atoms with Crippen LogP contribution in [-0.2, 0) is 0 Å². The zero-order valence-electron chi connectivity index (χ0n) is 11.1. The first-order valence-electron chi connectivity index (χ1n) is 6.37. The fraction of sp³-hybridized carbons (Fsp3) is 0.571. The Morgan fingerprint density at radius 3 is 2.42 bits per heavy atom. The van der Waals surface area contributed by atoms with Crippen molar-refractivity contribution in [3.63, 3.8) is 0 Å². The lowest BCUT2D eigenvalue weighted by Gasteiger charge is -2.21. The van der Waals surface area contributed by atoms with Gasteiger partial charge in [-0.3, -0.25) is 0 Å². The average Bonchev–Trinajstić information content (AvgIpc) is 2.27. The zero-order chi connectivity index (χ0) is 14.5. The first-order valence-corrected chi connectivity index (χ1v) is 6.74. The maximum absolute atomic E-state index is 12.0. The molecule has 0 amide bonds. The molecule has 0 aliphatic rings. The summed E-state index contributed by atoms with van der Waals surface area (Å²) in [5.41, 5.74) is 0.965. The van der Waals surface area contributed by atoms with Gasteiger partial charge in [-0.2, -0.15) is 13.2 Å². The van der Waals surface area contributed by atoms with Crippen molar-refractivity contribution < 1.29 is 13.2 Å². The summed E-state index contributed by atoms with van der Waals surface area (Å²) in [4.78, 5) is 0. The Kier molecular flexibility index (Phi) is 6.14. The van der Waals surface area contributed by atoms with E-state index < -0.39 is 12.6 Å². The fourth-order valence-corrected chi connectivity index (χ4v) is 2.33. The Morgan fingerprint density at radius 1 is 1.21 bits per heavy atom. The number of hydrogen-bond acceptors (Lipinski definition) is 1. The highest BCUT2D eigenvalue weighted by Gasteiger charge is 2.26. The molecule has 0 aliphatic heterocycles. The zero-order valence-corrected chi connectivity index (χ0v) is 11.9. The predicted octanol–water partition coefficient (Wildman–Crippen LogP) is 5.11. The Hall–Kier alpha value is -0.740. The number of benzene rings is 1. The lowest BCUT2D eigenvalue weighted by atomic mass is 10.1. The monoisotopic (exact) mass is 293 g/mol. The van der Waals surface area contributed by atoms with Gasteiger partial charge in [0.25, 0.3) is 0 Å². The van der Waals surface area contributed by atoms with Crippen LogP contribution in [0, 0.1) is 0 Å². The Labute approximate surface area is 117 Å². The molecule has 108 valence electrons. The highest BCUT2D eigenvalue weighted by Crippen LogP contribution is 2.25. The SMILES string of the molecule is CC(CCCC(F)(F)F)NC(C)c1ccccc1Cl. The molecule has 0 saturated carbocycles. The van der Waals surface area contributed by atoms with E-state index in [1.54, 1.807) is 0 Å². The molecule has 0 spiro atoms. The summed E-state index contributed by atoms with van der Waals surface area (Å²) in [6.07, 6.45) is -4.14. The third-order valence-corrected chi connectivity index (χ3v) is 3.35. The molecule has 0 fully saturated rings. The molecule has 0 bridgehead atoms. The molecule has 0 aliphatic carbocycles. The van der Waals surface area contributed by atoms with E-state index in [9.17, 15) is 13.2 Å². The second kappa shape index (κ2) is 7.15. The number of halogens is 4. The van der Waals surface area contributed by atoms with Crippen LogP contribution in [0.15, 0.2) is 24.3 Å². The molecule has 0 radical (unpaired) electrons. The van der Waals surface area contributed by atoms with Gasteiger partial charge in [-0.15, -0.1) is 0 Å². The second-order valence-corrected chi connectivity index (χ2v) is 5.23. The summed E-state index contributed by atoms with van der Waals surface area (Å²) in [6, 6.07) is 7.52. The Balaban J connectivity index is 2.40. The van der Waals surface area contributed by atoms with Gasteiger partial charge in [-0.25, -0.2) is 0 Å². The summed E-state index contributed by atoms with van der Waals surface area (Å²) in [6.45, 7) is 3.85. The van der Waals surface area contributed by atoms with Crippen molar-refractivity contribution in [2.24, 2.45) is 0 Å². The molecular weight excluding hydrogens is 275 g/mol. The maximum Gasteiger partial charge on any atom is 0.389 e. The van der Waals surface area contributed by atoms with E-state index in [1.165, 1.54) is 0 Å². The normalized spacial score (nSPS) is 15.3. The molecule has 2 unspecified atom stereocenters. The van der Waals surface area contributed by atoms with Crippen molar-refractivity contribution in [2.45, 2.75) is 51.4 Å². The number of nitrogens with one attached hydrogen (secondary N) is 1. The third kappa shape index (κ3) is 6.30. The van der Waals surface area contributed by atoms with Gasteiger partial charge in [0.2, 0.25) is 0 Å². The van der Waals surface area contributed by atoms with Crippen LogP contribution in [0.1, 0.15) is 44.7 Å². The first kappa shape index (κ1) is 16.3. The Bertz CT molecular complexity index is 393. The molecule has 0 aromatic heterocycles. The highest BCUT2D eigenvalue weighted by atomic mass is 35.5. The number of alkyl halides is 3. The summed E-state index contributed by atoms with van der Waals surface area (Å²) in [7, 11) is 0. The molecule has 19 heavy (non-hydrogen) atoms. The van der Waals surface area contributed by atoms with Crippen molar-refractivity contribution in [2.75, 3.05) is 0 Å². The van der Waals surface area contributed by atoms with E-state index in [0.29, 0.717) is 11.4 Å². The topological polar surface area (TPSA) is 12.0 Å². The van der Waals surface area contributed by atoms with Crippen LogP contribution in [0.2, 0.25) is 5.02 Å². The fourth-order valence-electron chi connectivity index (χ4n) is 2.03. The van der Waals surface area contributed by atoms with Gasteiger partial charge in [0.05, 0.1) is 0 Å². The van der Waals surface area contributed by atoms with Crippen molar-refractivity contribution in [1.82, 2.24) is 5.32 Å². The lowest BCUT2D eigenvalue weighted by Crippen LogP contribution is -2.29. The van der Waals surface area contributed by atoms with Crippen LogP contribution in [-0.4, -0.2) is 12.2 Å². The van der Waals surface area contributed by atoms with E-state index in [0.717, 1.165) is 5.56 Å². The van der Waals surface area contributed by atoms with Crippen LogP contribution >= 0.6 is 11.6 Å². The largest absolute Gasteiger partial charge is 0.389 e. The van der Waals surface area contributed by atoms with Crippen LogP contribution in [0.4, 0.5) is 13.2 Å². The Morgan fingerprint density at radius 2 is 1.84 bits per heavy atom. The van der Waals surface area contributed by atoms with Gasteiger partial charge in [-0.05, 0) is 38.3 Å². The van der Waals surface area contributed by atoms with Gasteiger partial charge in [0.15, 0.2) is 0 Å². The molecular formula is C14H19ClF3N. The number of rotatable bonds is 6. The molecule has 1 rings (SSSR count). The first-order chi connectivity index (χ1) is 8.79. The van der Waals surface area contributed by atoms with Crippen molar-refractivity contribution in [3.8, 4) is 0 Å². The average molecular weight is 294 g/mol. The van der Waals surface area contributed by atoms with Gasteiger partial charge >= 0.3 is 6.18 Å². The van der Waals surface area contributed by atoms with Gasteiger partial charge in [0.1, 0.15) is 0 Å². The van der Waals surface area contributed by atoms with Crippen molar-refractivity contribution >= 4 is 11.6 Å². The summed E-state index contributed by atoms with van der Waals surface area (Å²) in [5, 5.41) is 3.94. The minimum atomic E-state index is -4.06. The van der Waals surface area contributed by atoms with E-state index in [4.69, 9.17) is 11.6 Å². The maximum atomic E-state index is 12.0.